The van der Waals surface area contributed by atoms with Crippen LogP contribution in [0.2, 0.25) is 0 Å². The van der Waals surface area contributed by atoms with Crippen LogP contribution in [0.25, 0.3) is 0 Å². The van der Waals surface area contributed by atoms with Crippen LogP contribution in [-0.2, 0) is 23.7 Å². The van der Waals surface area contributed by atoms with E-state index in [-0.39, 0.29) is 46.7 Å². The van der Waals surface area contributed by atoms with Crippen LogP contribution in [0.15, 0.2) is 11.6 Å². The average Bonchev–Trinajstić information content (AvgIpc) is 3.12. The van der Waals surface area contributed by atoms with E-state index in [1.807, 2.05) is 0 Å². The van der Waals surface area contributed by atoms with Gasteiger partial charge in [-0.25, -0.2) is 0 Å². The highest BCUT2D eigenvalue weighted by molar-refractivity contribution is 5.76. The van der Waals surface area contributed by atoms with Crippen molar-refractivity contribution in [3.8, 4) is 0 Å². The molecule has 2 aliphatic heterocycles. The Morgan fingerprint density at radius 2 is 1.52 bits per heavy atom. The van der Waals surface area contributed by atoms with Crippen LogP contribution >= 0.6 is 0 Å². The lowest BCUT2D eigenvalue weighted by molar-refractivity contribution is -0.368. The SMILES string of the molecule is CC1(C)CC[C@]2(C(=O)O)CC[C@]3(C)C(=CCC4[C@@]5(C)CCC(O[C@@H]6OC[C@H](O)[C@H](O)[C@H]6O[C@@H]6O[C@H](CO)[C@@H](O)[C@H](O)[C@H]6O)[C@@](C)(CO)C5CC[C@]43C)[C@@H]2C1. The van der Waals surface area contributed by atoms with Crippen LogP contribution in [0.5, 0.6) is 0 Å². The van der Waals surface area contributed by atoms with E-state index >= 15 is 0 Å². The van der Waals surface area contributed by atoms with E-state index in [4.69, 9.17) is 18.9 Å². The van der Waals surface area contributed by atoms with Crippen molar-refractivity contribution >= 4 is 5.97 Å². The van der Waals surface area contributed by atoms with Crippen molar-refractivity contribution in [2.24, 2.45) is 50.2 Å². The van der Waals surface area contributed by atoms with Gasteiger partial charge in [0.15, 0.2) is 12.6 Å². The van der Waals surface area contributed by atoms with Gasteiger partial charge in [0.25, 0.3) is 0 Å². The molecule has 0 spiro atoms. The summed E-state index contributed by atoms with van der Waals surface area (Å²) in [4.78, 5) is 13.0. The molecule has 2 heterocycles. The number of ether oxygens (including phenoxy) is 4. The normalized spacial score (nSPS) is 54.3. The summed E-state index contributed by atoms with van der Waals surface area (Å²) in [6.07, 6.45) is -3.32. The average molecular weight is 767 g/mol. The van der Waals surface area contributed by atoms with Crippen LogP contribution in [0.1, 0.15) is 106 Å². The Hall–Kier alpha value is -1.23. The number of aliphatic hydroxyl groups excluding tert-OH is 7. The fraction of sp³-hybridized carbons (Fsp3) is 0.927. The van der Waals surface area contributed by atoms with Crippen molar-refractivity contribution in [1.29, 1.82) is 0 Å². The smallest absolute Gasteiger partial charge is 0.310 e. The minimum absolute atomic E-state index is 0.0233. The first-order valence-corrected chi connectivity index (χ1v) is 20.4. The lowest BCUT2D eigenvalue weighted by atomic mass is 9.33. The van der Waals surface area contributed by atoms with Gasteiger partial charge in [-0.2, -0.15) is 0 Å². The molecule has 0 amide bonds. The van der Waals surface area contributed by atoms with Crippen LogP contribution in [0, 0.1) is 50.2 Å². The molecule has 4 saturated carbocycles. The molecule has 3 unspecified atom stereocenters. The molecule has 0 aromatic rings. The summed E-state index contributed by atoms with van der Waals surface area (Å²) in [5.74, 6) is -0.265. The minimum atomic E-state index is -1.73. The fourth-order valence-corrected chi connectivity index (χ4v) is 13.4. The van der Waals surface area contributed by atoms with E-state index in [1.54, 1.807) is 0 Å². The fourth-order valence-electron chi connectivity index (χ4n) is 13.4. The molecule has 0 aromatic heterocycles. The number of hydrogen-bond acceptors (Lipinski definition) is 12. The molecule has 308 valence electrons. The number of aliphatic carboxylic acids is 1. The molecule has 0 aromatic carbocycles. The van der Waals surface area contributed by atoms with Crippen molar-refractivity contribution in [1.82, 2.24) is 0 Å². The van der Waals surface area contributed by atoms with Crippen LogP contribution in [0.3, 0.4) is 0 Å². The first-order valence-electron chi connectivity index (χ1n) is 20.4. The first-order chi connectivity index (χ1) is 25.2. The third-order valence-electron chi connectivity index (χ3n) is 17.0. The van der Waals surface area contributed by atoms with Gasteiger partial charge in [-0.3, -0.25) is 4.79 Å². The number of carboxylic acids is 1. The molecule has 13 nitrogen and oxygen atoms in total. The molecule has 5 aliphatic carbocycles. The summed E-state index contributed by atoms with van der Waals surface area (Å²) >= 11 is 0. The third kappa shape index (κ3) is 5.92. The maximum atomic E-state index is 13.0. The molecule has 7 rings (SSSR count). The molecular formula is C41H66O13. The lowest BCUT2D eigenvalue weighted by Crippen LogP contribution is -2.67. The van der Waals surface area contributed by atoms with Crippen molar-refractivity contribution < 1.29 is 64.6 Å². The monoisotopic (exact) mass is 766 g/mol. The summed E-state index contributed by atoms with van der Waals surface area (Å²) in [6.45, 7) is 12.8. The summed E-state index contributed by atoms with van der Waals surface area (Å²) in [6, 6.07) is 0. The Bertz CT molecular complexity index is 1450. The summed E-state index contributed by atoms with van der Waals surface area (Å²) in [5, 5.41) is 84.7. The second-order valence-corrected chi connectivity index (χ2v) is 20.1. The number of fused-ring (bicyclic) bond motifs is 7. The number of rotatable bonds is 7. The Kier molecular flexibility index (Phi) is 10.6. The quantitative estimate of drug-likeness (QED) is 0.138. The molecular weight excluding hydrogens is 700 g/mol. The van der Waals surface area contributed by atoms with Gasteiger partial charge >= 0.3 is 5.97 Å². The van der Waals surface area contributed by atoms with Gasteiger partial charge in [-0.15, -0.1) is 0 Å². The number of aliphatic hydroxyl groups is 7. The summed E-state index contributed by atoms with van der Waals surface area (Å²) < 4.78 is 24.1. The topological polar surface area (TPSA) is 216 Å². The van der Waals surface area contributed by atoms with Gasteiger partial charge in [0.2, 0.25) is 0 Å². The standard InChI is InChI=1S/C41H66O13/c1-36(2)13-15-41(35(49)50)16-14-39(5)21(22(41)17-36)7-8-26-37(3)11-10-27(38(4,20-43)25(37)9-12-40(26,39)6)53-34-32(28(45)23(44)19-51-34)54-33-31(48)30(47)29(46)24(18-42)52-33/h7,22-34,42-48H,8-20H2,1-6H3,(H,49,50)/t22-,23-,24+,25?,26?,27?,28-,29+,30-,31+,32+,33-,34-,37-,38-,39+,40+,41-/m0/s1. The molecule has 7 aliphatic rings. The zero-order valence-electron chi connectivity index (χ0n) is 32.9. The van der Waals surface area contributed by atoms with Gasteiger partial charge in [-0.05, 0) is 104 Å². The maximum Gasteiger partial charge on any atom is 0.310 e. The second-order valence-electron chi connectivity index (χ2n) is 20.1. The zero-order chi connectivity index (χ0) is 39.4. The molecule has 13 heteroatoms. The third-order valence-corrected chi connectivity index (χ3v) is 17.0. The van der Waals surface area contributed by atoms with Crippen LogP contribution < -0.4 is 0 Å². The largest absolute Gasteiger partial charge is 0.481 e. The molecule has 0 radical (unpaired) electrons. The van der Waals surface area contributed by atoms with Crippen LogP contribution in [0.4, 0.5) is 0 Å². The number of hydrogen-bond donors (Lipinski definition) is 8. The highest BCUT2D eigenvalue weighted by atomic mass is 16.8. The predicted molar refractivity (Wildman–Crippen MR) is 193 cm³/mol. The van der Waals surface area contributed by atoms with Crippen LogP contribution in [-0.4, -0.2) is 128 Å². The highest BCUT2D eigenvalue weighted by Gasteiger charge is 2.70. The number of carboxylic acid groups (broad SMARTS) is 1. The first kappa shape index (κ1) is 40.9. The van der Waals surface area contributed by atoms with E-state index in [0.29, 0.717) is 18.8 Å². The molecule has 0 bridgehead atoms. The Labute approximate surface area is 319 Å². The molecule has 2 saturated heterocycles. The van der Waals surface area contributed by atoms with E-state index in [2.05, 4.69) is 47.6 Å². The molecule has 18 atom stereocenters. The van der Waals surface area contributed by atoms with Gasteiger partial charge in [-0.1, -0.05) is 53.2 Å². The Morgan fingerprint density at radius 1 is 0.815 bits per heavy atom. The van der Waals surface area contributed by atoms with Gasteiger partial charge in [0, 0.05) is 5.41 Å². The number of carbonyl (C=O) groups is 1. The summed E-state index contributed by atoms with van der Waals surface area (Å²) in [5.41, 5.74) is -0.367. The van der Waals surface area contributed by atoms with E-state index in [9.17, 15) is 45.6 Å². The zero-order valence-corrected chi connectivity index (χ0v) is 32.9. The van der Waals surface area contributed by atoms with E-state index in [1.165, 1.54) is 5.57 Å². The highest BCUT2D eigenvalue weighted by Crippen LogP contribution is 2.76. The molecule has 8 N–H and O–H groups in total. The lowest BCUT2D eigenvalue weighted by Gasteiger charge is -2.71. The van der Waals surface area contributed by atoms with E-state index in [0.717, 1.165) is 51.4 Å². The van der Waals surface area contributed by atoms with Crippen molar-refractivity contribution in [3.63, 3.8) is 0 Å². The maximum absolute atomic E-state index is 13.0. The van der Waals surface area contributed by atoms with E-state index < -0.39 is 84.8 Å². The van der Waals surface area contributed by atoms with Gasteiger partial charge < -0.3 is 59.8 Å². The van der Waals surface area contributed by atoms with Gasteiger partial charge in [0.05, 0.1) is 31.3 Å². The Morgan fingerprint density at radius 3 is 2.19 bits per heavy atom. The second kappa shape index (κ2) is 14.0. The predicted octanol–water partition coefficient (Wildman–Crippen LogP) is 2.49. The van der Waals surface area contributed by atoms with Gasteiger partial charge in [0.1, 0.15) is 42.7 Å². The Balaban J connectivity index is 1.15. The van der Waals surface area contributed by atoms with Crippen molar-refractivity contribution in [3.05, 3.63) is 11.6 Å². The molecule has 54 heavy (non-hydrogen) atoms. The number of allylic oxidation sites excluding steroid dienone is 2. The minimum Gasteiger partial charge on any atom is -0.481 e. The van der Waals surface area contributed by atoms with Crippen molar-refractivity contribution in [2.75, 3.05) is 19.8 Å². The molecule has 6 fully saturated rings. The van der Waals surface area contributed by atoms with Crippen molar-refractivity contribution in [2.45, 2.75) is 167 Å². The summed E-state index contributed by atoms with van der Waals surface area (Å²) in [7, 11) is 0.